The van der Waals surface area contributed by atoms with Crippen molar-refractivity contribution in [1.82, 2.24) is 0 Å². The first-order valence-corrected chi connectivity index (χ1v) is 9.70. The molecule has 0 unspecified atom stereocenters. The molecule has 0 fully saturated rings. The zero-order valence-corrected chi connectivity index (χ0v) is 15.9. The van der Waals surface area contributed by atoms with Crippen LogP contribution in [0.3, 0.4) is 0 Å². The molecule has 3 N–H and O–H groups in total. The zero-order chi connectivity index (χ0) is 15.9. The molecule has 0 amide bonds. The molecule has 0 bridgehead atoms. The predicted molar refractivity (Wildman–Crippen MR) is 84.4 cm³/mol. The lowest BCUT2D eigenvalue weighted by molar-refractivity contribution is -0.458. The van der Waals surface area contributed by atoms with Crippen LogP contribution in [0.1, 0.15) is 62.3 Å². The van der Waals surface area contributed by atoms with E-state index in [-0.39, 0.29) is 23.9 Å². The van der Waals surface area contributed by atoms with Crippen molar-refractivity contribution < 1.29 is 19.0 Å². The first kappa shape index (κ1) is 21.7. The van der Waals surface area contributed by atoms with Crippen LogP contribution in [0.15, 0.2) is 0 Å². The van der Waals surface area contributed by atoms with Crippen molar-refractivity contribution in [2.75, 3.05) is 0 Å². The number of quaternary nitrogens is 1. The van der Waals surface area contributed by atoms with Crippen LogP contribution in [-0.2, 0) is 25.4 Å². The molecule has 0 aliphatic heterocycles. The lowest BCUT2D eigenvalue weighted by Gasteiger charge is -2.40. The second-order valence-electron chi connectivity index (χ2n) is 6.56. The van der Waals surface area contributed by atoms with E-state index in [9.17, 15) is 0 Å². The highest BCUT2D eigenvalue weighted by molar-refractivity contribution is 7.94. The Morgan fingerprint density at radius 2 is 0.947 bits per heavy atom. The van der Waals surface area contributed by atoms with E-state index < -0.39 is 7.95 Å². The van der Waals surface area contributed by atoms with Gasteiger partial charge in [0.15, 0.2) is 0 Å². The van der Waals surface area contributed by atoms with Crippen LogP contribution in [0.2, 0.25) is 0 Å². The molecule has 6 heteroatoms. The molecular weight excluding hydrogens is 278 g/mol. The number of rotatable bonds is 6. The van der Waals surface area contributed by atoms with Gasteiger partial charge in [0, 0.05) is 18.3 Å². The van der Waals surface area contributed by atoms with Gasteiger partial charge < -0.3 is 31.1 Å². The largest absolute Gasteiger partial charge is 0.708 e. The van der Waals surface area contributed by atoms with Gasteiger partial charge >= 0.3 is 7.95 Å². The lowest BCUT2D eigenvalue weighted by atomic mass is 10.1. The highest BCUT2D eigenvalue weighted by Gasteiger charge is 2.27. The third kappa shape index (κ3) is 20.9. The molecule has 0 aliphatic carbocycles. The molecule has 0 rings (SSSR count). The average molecular weight is 312 g/mol. The minimum Gasteiger partial charge on any atom is -0.708 e. The van der Waals surface area contributed by atoms with Gasteiger partial charge in [0.05, 0.1) is 5.54 Å². The SMILES string of the molecule is CC(C)(C)[NH3+].CC(C)O[Si]([S-])(OC(C)C)OC(C)C. The Bertz CT molecular complexity index is 198. The molecule has 0 saturated heterocycles. The molecule has 0 radical (unpaired) electrons. The van der Waals surface area contributed by atoms with E-state index in [0.717, 1.165) is 0 Å². The summed E-state index contributed by atoms with van der Waals surface area (Å²) < 4.78 is 16.7. The summed E-state index contributed by atoms with van der Waals surface area (Å²) in [5.41, 5.74) is 4.02. The van der Waals surface area contributed by atoms with Gasteiger partial charge in [0.25, 0.3) is 0 Å². The molecule has 0 aromatic carbocycles. The molecule has 0 saturated carbocycles. The minimum atomic E-state index is -2.86. The third-order valence-corrected chi connectivity index (χ3v) is 4.29. The average Bonchev–Trinajstić information content (AvgIpc) is 1.91. The van der Waals surface area contributed by atoms with Crippen LogP contribution in [0, 0.1) is 0 Å². The summed E-state index contributed by atoms with van der Waals surface area (Å²) in [6.45, 7) is 17.8. The summed E-state index contributed by atoms with van der Waals surface area (Å²) in [5, 5.41) is 0. The standard InChI is InChI=1S/C9H21O3SSi.C4H11N/c1-7(2)10-14(13,11-8(3)4)12-9(5)6;1-4(2,3)5/h7-9H,1-6H3;5H2,1-3H3/q-1;/p+1. The van der Waals surface area contributed by atoms with E-state index in [1.807, 2.05) is 41.5 Å². The van der Waals surface area contributed by atoms with Gasteiger partial charge in [0.2, 0.25) is 0 Å². The van der Waals surface area contributed by atoms with Crippen molar-refractivity contribution in [3.05, 3.63) is 0 Å². The Morgan fingerprint density at radius 3 is 1.05 bits per heavy atom. The highest BCUT2D eigenvalue weighted by atomic mass is 32.3. The fourth-order valence-electron chi connectivity index (χ4n) is 0.949. The van der Waals surface area contributed by atoms with Crippen LogP contribution in [0.25, 0.3) is 0 Å². The monoisotopic (exact) mass is 311 g/mol. The Labute approximate surface area is 125 Å². The molecule has 118 valence electrons. The molecule has 0 aliphatic rings. The smallest absolute Gasteiger partial charge is 0.346 e. The first-order valence-electron chi connectivity index (χ1n) is 6.84. The van der Waals surface area contributed by atoms with E-state index >= 15 is 0 Å². The van der Waals surface area contributed by atoms with Crippen molar-refractivity contribution in [2.45, 2.75) is 86.2 Å². The number of hydrogen-bond acceptors (Lipinski definition) is 4. The van der Waals surface area contributed by atoms with E-state index in [0.29, 0.717) is 0 Å². The van der Waals surface area contributed by atoms with E-state index in [4.69, 9.17) is 25.4 Å². The third-order valence-electron chi connectivity index (χ3n) is 1.14. The van der Waals surface area contributed by atoms with Crippen molar-refractivity contribution in [2.24, 2.45) is 0 Å². The van der Waals surface area contributed by atoms with Crippen molar-refractivity contribution in [1.29, 1.82) is 0 Å². The molecule has 0 heterocycles. The maximum absolute atomic E-state index is 5.57. The summed E-state index contributed by atoms with van der Waals surface area (Å²) in [6.07, 6.45) is 0.116. The van der Waals surface area contributed by atoms with Crippen LogP contribution in [-0.4, -0.2) is 31.8 Å². The van der Waals surface area contributed by atoms with Gasteiger partial charge in [-0.25, -0.2) is 0 Å². The lowest BCUT2D eigenvalue weighted by Crippen LogP contribution is -2.67. The van der Waals surface area contributed by atoms with Crippen LogP contribution >= 0.6 is 0 Å². The highest BCUT2D eigenvalue weighted by Crippen LogP contribution is 2.15. The summed E-state index contributed by atoms with van der Waals surface area (Å²) in [4.78, 5) is 0. The second-order valence-corrected chi connectivity index (χ2v) is 9.77. The minimum absolute atomic E-state index is 0.0386. The summed E-state index contributed by atoms with van der Waals surface area (Å²) in [7, 11) is -2.86. The van der Waals surface area contributed by atoms with Gasteiger partial charge in [0.1, 0.15) is 0 Å². The maximum atomic E-state index is 5.57. The number of hydrogen-bond donors (Lipinski definition) is 1. The van der Waals surface area contributed by atoms with Crippen molar-refractivity contribution in [3.8, 4) is 0 Å². The molecular formula is C13H33NO3SSi. The Morgan fingerprint density at radius 1 is 0.789 bits per heavy atom. The molecule has 0 spiro atoms. The van der Waals surface area contributed by atoms with Crippen LogP contribution in [0.5, 0.6) is 0 Å². The van der Waals surface area contributed by atoms with E-state index in [2.05, 4.69) is 26.5 Å². The van der Waals surface area contributed by atoms with Crippen LogP contribution in [0.4, 0.5) is 0 Å². The van der Waals surface area contributed by atoms with Gasteiger partial charge in [-0.05, 0) is 62.3 Å². The molecule has 0 atom stereocenters. The Hall–Kier alpha value is 0.407. The van der Waals surface area contributed by atoms with Gasteiger partial charge in [-0.2, -0.15) is 0 Å². The fraction of sp³-hybridized carbons (Fsp3) is 1.00. The topological polar surface area (TPSA) is 55.3 Å². The van der Waals surface area contributed by atoms with Gasteiger partial charge in [-0.15, -0.1) is 0 Å². The van der Waals surface area contributed by atoms with E-state index in [1.54, 1.807) is 0 Å². The van der Waals surface area contributed by atoms with Crippen molar-refractivity contribution >= 4 is 20.0 Å². The quantitative estimate of drug-likeness (QED) is 0.604. The van der Waals surface area contributed by atoms with Gasteiger partial charge in [-0.1, -0.05) is 0 Å². The summed E-state index contributed by atoms with van der Waals surface area (Å²) in [6, 6.07) is 0. The summed E-state index contributed by atoms with van der Waals surface area (Å²) >= 11 is 5.30. The van der Waals surface area contributed by atoms with Gasteiger partial charge in [-0.3, -0.25) is 0 Å². The predicted octanol–water partition coefficient (Wildman–Crippen LogP) is 2.27. The Balaban J connectivity index is 0. The molecule has 4 nitrogen and oxygen atoms in total. The van der Waals surface area contributed by atoms with Crippen molar-refractivity contribution in [3.63, 3.8) is 0 Å². The first-order chi connectivity index (χ1) is 8.25. The molecule has 0 aromatic rings. The van der Waals surface area contributed by atoms with Crippen LogP contribution < -0.4 is 5.73 Å². The fourth-order valence-corrected chi connectivity index (χ4v) is 4.58. The second kappa shape index (κ2) is 9.36. The normalized spacial score (nSPS) is 12.9. The molecule has 0 aromatic heterocycles. The molecule has 19 heavy (non-hydrogen) atoms. The zero-order valence-electron chi connectivity index (χ0n) is 14.1. The Kier molecular flexibility index (Phi) is 10.7. The maximum Gasteiger partial charge on any atom is 0.346 e. The van der Waals surface area contributed by atoms with E-state index in [1.165, 1.54) is 0 Å². The summed E-state index contributed by atoms with van der Waals surface area (Å²) in [5.74, 6) is 0.